The summed E-state index contributed by atoms with van der Waals surface area (Å²) in [4.78, 5) is 30.1. The number of amides is 1. The molecule has 4 aromatic rings. The van der Waals surface area contributed by atoms with Crippen LogP contribution in [0, 0.1) is 6.92 Å². The molecular weight excluding hydrogens is 400 g/mol. The molecule has 30 heavy (non-hydrogen) atoms. The van der Waals surface area contributed by atoms with Crippen molar-refractivity contribution in [2.75, 3.05) is 5.32 Å². The van der Waals surface area contributed by atoms with Gasteiger partial charge in [-0.1, -0.05) is 18.2 Å². The molecule has 1 N–H and O–H groups in total. The Morgan fingerprint density at radius 3 is 2.63 bits per heavy atom. The van der Waals surface area contributed by atoms with E-state index in [1.165, 1.54) is 16.0 Å². The predicted octanol–water partition coefficient (Wildman–Crippen LogP) is 3.32. The number of carbonyl (C=O) groups is 1. The van der Waals surface area contributed by atoms with E-state index in [4.69, 9.17) is 0 Å². The van der Waals surface area contributed by atoms with Gasteiger partial charge in [0.15, 0.2) is 5.13 Å². The molecule has 0 aliphatic heterocycles. The Balaban J connectivity index is 1.63. The fourth-order valence-electron chi connectivity index (χ4n) is 3.44. The molecule has 1 aromatic carbocycles. The largest absolute Gasteiger partial charge is 0.301 e. The van der Waals surface area contributed by atoms with E-state index in [0.717, 1.165) is 17.0 Å². The van der Waals surface area contributed by atoms with Crippen molar-refractivity contribution in [3.8, 4) is 11.3 Å². The van der Waals surface area contributed by atoms with Crippen molar-refractivity contribution >= 4 is 33.1 Å². The highest BCUT2D eigenvalue weighted by Crippen LogP contribution is 2.28. The second-order valence-corrected chi connectivity index (χ2v) is 7.96. The van der Waals surface area contributed by atoms with Crippen LogP contribution in [0.1, 0.15) is 31.2 Å². The number of nitrogens with one attached hydrogen (secondary N) is 1. The molecular formula is C21H22N6O2S. The van der Waals surface area contributed by atoms with Crippen LogP contribution in [0.15, 0.2) is 40.6 Å². The molecule has 1 amide bonds. The second-order valence-electron chi connectivity index (χ2n) is 7.10. The lowest BCUT2D eigenvalue weighted by Gasteiger charge is -2.14. The Kier molecular flexibility index (Phi) is 5.21. The number of aromatic nitrogens is 5. The number of nitrogens with zero attached hydrogens (tertiary/aromatic N) is 5. The molecule has 3 aromatic heterocycles. The number of aryl methyl sites for hydroxylation is 3. The molecule has 9 heteroatoms. The molecule has 0 saturated heterocycles. The van der Waals surface area contributed by atoms with Crippen molar-refractivity contribution in [3.63, 3.8) is 0 Å². The van der Waals surface area contributed by atoms with Crippen LogP contribution in [0.25, 0.3) is 22.0 Å². The monoisotopic (exact) mass is 422 g/mol. The van der Waals surface area contributed by atoms with Crippen molar-refractivity contribution in [3.05, 3.63) is 57.6 Å². The summed E-state index contributed by atoms with van der Waals surface area (Å²) in [5.41, 5.74) is 3.01. The van der Waals surface area contributed by atoms with E-state index in [-0.39, 0.29) is 11.5 Å². The van der Waals surface area contributed by atoms with Crippen molar-refractivity contribution in [2.24, 2.45) is 7.05 Å². The molecule has 3 heterocycles. The van der Waals surface area contributed by atoms with Gasteiger partial charge in [-0.25, -0.2) is 9.67 Å². The minimum Gasteiger partial charge on any atom is -0.301 e. The first-order chi connectivity index (χ1) is 14.4. The maximum atomic E-state index is 13.0. The first-order valence-electron chi connectivity index (χ1n) is 9.65. The summed E-state index contributed by atoms with van der Waals surface area (Å²) < 4.78 is 3.14. The zero-order valence-corrected chi connectivity index (χ0v) is 18.0. The zero-order chi connectivity index (χ0) is 21.4. The van der Waals surface area contributed by atoms with Gasteiger partial charge in [0.25, 0.3) is 5.56 Å². The summed E-state index contributed by atoms with van der Waals surface area (Å²) in [6.07, 6.45) is 1.91. The van der Waals surface area contributed by atoms with Crippen LogP contribution in [0.3, 0.4) is 0 Å². The van der Waals surface area contributed by atoms with Crippen LogP contribution < -0.4 is 10.9 Å². The molecule has 0 aliphatic carbocycles. The van der Waals surface area contributed by atoms with Gasteiger partial charge in [-0.05, 0) is 26.8 Å². The second kappa shape index (κ2) is 7.83. The molecule has 0 spiro atoms. The van der Waals surface area contributed by atoms with Crippen molar-refractivity contribution in [1.29, 1.82) is 0 Å². The van der Waals surface area contributed by atoms with Crippen molar-refractivity contribution in [1.82, 2.24) is 24.5 Å². The van der Waals surface area contributed by atoms with E-state index in [0.29, 0.717) is 28.1 Å². The average Bonchev–Trinajstić information content (AvgIpc) is 3.33. The maximum absolute atomic E-state index is 13.0. The van der Waals surface area contributed by atoms with Crippen molar-refractivity contribution in [2.45, 2.75) is 33.2 Å². The number of thiazole rings is 1. The van der Waals surface area contributed by atoms with Gasteiger partial charge >= 0.3 is 0 Å². The fraction of sp³-hybridized carbons (Fsp3) is 0.286. The summed E-state index contributed by atoms with van der Waals surface area (Å²) in [6, 6.07) is 7.26. The average molecular weight is 423 g/mol. The van der Waals surface area contributed by atoms with E-state index in [1.54, 1.807) is 17.7 Å². The Labute approximate surface area is 177 Å². The quantitative estimate of drug-likeness (QED) is 0.532. The van der Waals surface area contributed by atoms with Gasteiger partial charge in [-0.2, -0.15) is 10.2 Å². The summed E-state index contributed by atoms with van der Waals surface area (Å²) in [6.45, 7) is 6.00. The third-order valence-electron chi connectivity index (χ3n) is 5.02. The van der Waals surface area contributed by atoms with Gasteiger partial charge < -0.3 is 5.32 Å². The number of hydrogen-bond acceptors (Lipinski definition) is 6. The van der Waals surface area contributed by atoms with Crippen LogP contribution in [-0.2, 0) is 18.4 Å². The summed E-state index contributed by atoms with van der Waals surface area (Å²) in [7, 11) is 1.86. The first-order valence-corrected chi connectivity index (χ1v) is 10.5. The number of benzene rings is 1. The van der Waals surface area contributed by atoms with Crippen LogP contribution in [-0.4, -0.2) is 30.5 Å². The Morgan fingerprint density at radius 1 is 1.23 bits per heavy atom. The zero-order valence-electron chi connectivity index (χ0n) is 17.2. The van der Waals surface area contributed by atoms with E-state index in [2.05, 4.69) is 20.5 Å². The molecule has 4 rings (SSSR count). The third kappa shape index (κ3) is 3.52. The molecule has 0 aliphatic rings. The summed E-state index contributed by atoms with van der Waals surface area (Å²) >= 11 is 1.36. The lowest BCUT2D eigenvalue weighted by atomic mass is 10.0. The van der Waals surface area contributed by atoms with Crippen molar-refractivity contribution < 1.29 is 4.79 Å². The van der Waals surface area contributed by atoms with Gasteiger partial charge in [0.1, 0.15) is 0 Å². The van der Waals surface area contributed by atoms with E-state index < -0.39 is 5.92 Å². The Hall–Kier alpha value is -3.33. The third-order valence-corrected chi connectivity index (χ3v) is 5.78. The minimum absolute atomic E-state index is 0.152. The predicted molar refractivity (Wildman–Crippen MR) is 118 cm³/mol. The normalized spacial score (nSPS) is 12.3. The van der Waals surface area contributed by atoms with Gasteiger partial charge in [0, 0.05) is 36.1 Å². The van der Waals surface area contributed by atoms with Crippen LogP contribution >= 0.6 is 11.3 Å². The first kappa shape index (κ1) is 20.0. The molecule has 0 bridgehead atoms. The molecule has 8 nitrogen and oxygen atoms in total. The number of carbonyl (C=O) groups excluding carboxylic acids is 1. The minimum atomic E-state index is -0.555. The highest BCUT2D eigenvalue weighted by molar-refractivity contribution is 7.14. The molecule has 1 atom stereocenters. The smallest absolute Gasteiger partial charge is 0.274 e. The van der Waals surface area contributed by atoms with E-state index in [9.17, 15) is 9.59 Å². The van der Waals surface area contributed by atoms with Gasteiger partial charge in [-0.15, -0.1) is 11.3 Å². The lowest BCUT2D eigenvalue weighted by molar-refractivity contribution is -0.117. The summed E-state index contributed by atoms with van der Waals surface area (Å²) in [5, 5.41) is 15.4. The Morgan fingerprint density at radius 2 is 1.97 bits per heavy atom. The van der Waals surface area contributed by atoms with Gasteiger partial charge in [0.2, 0.25) is 5.91 Å². The van der Waals surface area contributed by atoms with Crippen LogP contribution in [0.2, 0.25) is 0 Å². The molecule has 0 saturated carbocycles. The van der Waals surface area contributed by atoms with E-state index in [1.807, 2.05) is 50.7 Å². The van der Waals surface area contributed by atoms with E-state index >= 15 is 0 Å². The number of anilines is 1. The molecule has 154 valence electrons. The topological polar surface area (TPSA) is 94.7 Å². The maximum Gasteiger partial charge on any atom is 0.274 e. The highest BCUT2D eigenvalue weighted by atomic mass is 32.1. The lowest BCUT2D eigenvalue weighted by Crippen LogP contribution is -2.27. The fourth-order valence-corrected chi connectivity index (χ4v) is 4.15. The standard InChI is InChI=1S/C21H22N6O2S/c1-5-27-20(29)15-9-7-6-8-14(15)18(25-27)12(2)19(28)23-21-22-17(11-30-21)16-10-26(4)24-13(16)3/h6-12H,5H2,1-4H3,(H,22,23,28)/t12-/m1/s1. The van der Waals surface area contributed by atoms with Gasteiger partial charge in [-0.3, -0.25) is 14.3 Å². The number of rotatable bonds is 5. The van der Waals surface area contributed by atoms with Gasteiger partial charge in [0.05, 0.1) is 28.4 Å². The summed E-state index contributed by atoms with van der Waals surface area (Å²) in [5.74, 6) is -0.779. The molecule has 0 unspecified atom stereocenters. The molecule has 0 fully saturated rings. The Bertz CT molecular complexity index is 1300. The van der Waals surface area contributed by atoms with Crippen LogP contribution in [0.4, 0.5) is 5.13 Å². The highest BCUT2D eigenvalue weighted by Gasteiger charge is 2.23. The van der Waals surface area contributed by atoms with Crippen LogP contribution in [0.5, 0.6) is 0 Å². The number of hydrogen-bond donors (Lipinski definition) is 1. The molecule has 0 radical (unpaired) electrons. The number of fused-ring (bicyclic) bond motifs is 1. The SMILES string of the molecule is CCn1nc([C@@H](C)C(=O)Nc2nc(-c3cn(C)nc3C)cs2)c2ccccc2c1=O.